The van der Waals surface area contributed by atoms with Crippen molar-refractivity contribution in [1.82, 2.24) is 9.88 Å². The number of benzene rings is 1. The van der Waals surface area contributed by atoms with Gasteiger partial charge in [0.25, 0.3) is 5.91 Å². The quantitative estimate of drug-likeness (QED) is 0.551. The molecule has 2 amide bonds. The number of hydrogen-bond acceptors (Lipinski definition) is 8. The van der Waals surface area contributed by atoms with Gasteiger partial charge in [-0.25, -0.2) is 4.98 Å². The molecule has 3 rings (SSSR count). The zero-order valence-electron chi connectivity index (χ0n) is 15.3. The maximum absolute atomic E-state index is 12.7. The van der Waals surface area contributed by atoms with Crippen LogP contribution in [-0.4, -0.2) is 46.8 Å². The first-order chi connectivity index (χ1) is 13.4. The van der Waals surface area contributed by atoms with E-state index in [-0.39, 0.29) is 18.4 Å². The Kier molecular flexibility index (Phi) is 6.32. The smallest absolute Gasteiger partial charge is 0.266 e. The van der Waals surface area contributed by atoms with E-state index in [1.165, 1.54) is 16.2 Å². The van der Waals surface area contributed by atoms with E-state index in [9.17, 15) is 9.59 Å². The van der Waals surface area contributed by atoms with Gasteiger partial charge >= 0.3 is 0 Å². The fourth-order valence-corrected chi connectivity index (χ4v) is 4.40. The number of carbonyl (C=O) groups is 2. The first-order valence-corrected chi connectivity index (χ1v) is 10.2. The zero-order chi connectivity index (χ0) is 20.3. The molecule has 2 heterocycles. The minimum atomic E-state index is -0.349. The summed E-state index contributed by atoms with van der Waals surface area (Å²) in [6, 6.07) is 5.34. The molecule has 146 valence electrons. The van der Waals surface area contributed by atoms with Crippen molar-refractivity contribution in [2.75, 3.05) is 26.1 Å². The molecule has 0 saturated carbocycles. The molecule has 1 N–H and O–H groups in total. The monoisotopic (exact) mass is 435 g/mol. The molecule has 0 spiro atoms. The summed E-state index contributed by atoms with van der Waals surface area (Å²) in [5.41, 5.74) is 1.59. The molecule has 7 nitrogen and oxygen atoms in total. The Hall–Kier alpha value is -2.43. The highest BCUT2D eigenvalue weighted by atomic mass is 32.2. The summed E-state index contributed by atoms with van der Waals surface area (Å²) < 4.78 is 10.8. The Morgan fingerprint density at radius 2 is 2.07 bits per heavy atom. The van der Waals surface area contributed by atoms with Crippen LogP contribution in [0.1, 0.15) is 11.3 Å². The number of methoxy groups -OCH3 is 2. The number of ether oxygens (including phenoxy) is 2. The van der Waals surface area contributed by atoms with E-state index in [0.29, 0.717) is 25.9 Å². The highest BCUT2D eigenvalue weighted by Crippen LogP contribution is 2.34. The molecule has 1 aromatic heterocycles. The average molecular weight is 436 g/mol. The van der Waals surface area contributed by atoms with Crippen LogP contribution in [0.4, 0.5) is 5.13 Å². The number of aryl methyl sites for hydroxylation is 1. The maximum Gasteiger partial charge on any atom is 0.266 e. The highest BCUT2D eigenvalue weighted by molar-refractivity contribution is 8.26. The number of anilines is 1. The largest absolute Gasteiger partial charge is 0.493 e. The van der Waals surface area contributed by atoms with E-state index < -0.39 is 0 Å². The second-order valence-corrected chi connectivity index (χ2v) is 8.26. The van der Waals surface area contributed by atoms with Crippen molar-refractivity contribution >= 4 is 62.7 Å². The van der Waals surface area contributed by atoms with E-state index in [4.69, 9.17) is 21.7 Å². The predicted molar refractivity (Wildman–Crippen MR) is 115 cm³/mol. The van der Waals surface area contributed by atoms with Crippen LogP contribution in [0, 0.1) is 6.92 Å². The molecule has 2 aromatic rings. The lowest BCUT2D eigenvalue weighted by molar-refractivity contribution is -0.126. The standard InChI is InChI=1S/C18H17N3O4S3/c1-10-9-27-17(19-10)20-15(22)8-21-16(23)14(28-18(21)26)7-11-4-5-12(24-2)13(6-11)25-3/h4-7,9H,8H2,1-3H3,(H,19,20,22)/b14-7-. The molecule has 0 bridgehead atoms. The van der Waals surface area contributed by atoms with Gasteiger partial charge in [0.15, 0.2) is 16.6 Å². The first-order valence-electron chi connectivity index (χ1n) is 8.10. The van der Waals surface area contributed by atoms with Crippen LogP contribution in [0.25, 0.3) is 6.08 Å². The van der Waals surface area contributed by atoms with Crippen LogP contribution in [0.15, 0.2) is 28.5 Å². The number of rotatable bonds is 6. The third-order valence-electron chi connectivity index (χ3n) is 3.75. The van der Waals surface area contributed by atoms with Gasteiger partial charge in [-0.15, -0.1) is 11.3 Å². The molecule has 1 saturated heterocycles. The van der Waals surface area contributed by atoms with E-state index >= 15 is 0 Å². The number of nitrogens with one attached hydrogen (secondary N) is 1. The van der Waals surface area contributed by atoms with Crippen LogP contribution in [0.3, 0.4) is 0 Å². The molecule has 0 radical (unpaired) electrons. The molecular formula is C18H17N3O4S3. The molecule has 0 unspecified atom stereocenters. The Bertz CT molecular complexity index is 971. The molecule has 10 heteroatoms. The number of nitrogens with zero attached hydrogens (tertiary/aromatic N) is 2. The van der Waals surface area contributed by atoms with Gasteiger partial charge in [-0.3, -0.25) is 14.5 Å². The maximum atomic E-state index is 12.7. The molecule has 28 heavy (non-hydrogen) atoms. The summed E-state index contributed by atoms with van der Waals surface area (Å²) >= 11 is 7.76. The molecule has 1 fully saturated rings. The average Bonchev–Trinajstić information content (AvgIpc) is 3.19. The lowest BCUT2D eigenvalue weighted by Crippen LogP contribution is -2.36. The highest BCUT2D eigenvalue weighted by Gasteiger charge is 2.33. The molecule has 0 aliphatic carbocycles. The van der Waals surface area contributed by atoms with Gasteiger partial charge in [0.2, 0.25) is 5.91 Å². The number of aromatic nitrogens is 1. The minimum absolute atomic E-state index is 0.160. The number of thiazole rings is 1. The SMILES string of the molecule is COc1ccc(/C=C2\SC(=S)N(CC(=O)Nc3nc(C)cs3)C2=O)cc1OC. The van der Waals surface area contributed by atoms with Gasteiger partial charge < -0.3 is 14.8 Å². The van der Waals surface area contributed by atoms with E-state index in [1.807, 2.05) is 18.4 Å². The van der Waals surface area contributed by atoms with Crippen molar-refractivity contribution in [2.24, 2.45) is 0 Å². The number of thioether (sulfide) groups is 1. The summed E-state index contributed by atoms with van der Waals surface area (Å²) in [5, 5.41) is 5.01. The fraction of sp³-hybridized carbons (Fsp3) is 0.222. The Labute approximate surface area is 175 Å². The number of carbonyl (C=O) groups excluding carboxylic acids is 2. The third kappa shape index (κ3) is 4.51. The Balaban J connectivity index is 1.72. The van der Waals surface area contributed by atoms with Gasteiger partial charge in [-0.1, -0.05) is 30.0 Å². The van der Waals surface area contributed by atoms with Crippen molar-refractivity contribution < 1.29 is 19.1 Å². The normalized spacial score (nSPS) is 15.2. The van der Waals surface area contributed by atoms with Crippen molar-refractivity contribution in [3.8, 4) is 11.5 Å². The van der Waals surface area contributed by atoms with Crippen LogP contribution in [0.5, 0.6) is 11.5 Å². The van der Waals surface area contributed by atoms with Gasteiger partial charge in [0, 0.05) is 5.38 Å². The van der Waals surface area contributed by atoms with E-state index in [1.54, 1.807) is 32.4 Å². The summed E-state index contributed by atoms with van der Waals surface area (Å²) in [7, 11) is 3.10. The molecular weight excluding hydrogens is 418 g/mol. The molecule has 0 atom stereocenters. The lowest BCUT2D eigenvalue weighted by Gasteiger charge is -2.13. The van der Waals surface area contributed by atoms with Gasteiger partial charge in [-0.2, -0.15) is 0 Å². The third-order valence-corrected chi connectivity index (χ3v) is 6.00. The van der Waals surface area contributed by atoms with Crippen molar-refractivity contribution in [3.63, 3.8) is 0 Å². The number of hydrogen-bond donors (Lipinski definition) is 1. The van der Waals surface area contributed by atoms with Crippen molar-refractivity contribution in [2.45, 2.75) is 6.92 Å². The molecule has 1 aromatic carbocycles. The Morgan fingerprint density at radius 3 is 2.71 bits per heavy atom. The second kappa shape index (κ2) is 8.72. The topological polar surface area (TPSA) is 80.8 Å². The minimum Gasteiger partial charge on any atom is -0.493 e. The second-order valence-electron chi connectivity index (χ2n) is 5.72. The number of amides is 2. The molecule has 1 aliphatic rings. The summed E-state index contributed by atoms with van der Waals surface area (Å²) in [4.78, 5) is 30.8. The van der Waals surface area contributed by atoms with Crippen molar-refractivity contribution in [1.29, 1.82) is 0 Å². The summed E-state index contributed by atoms with van der Waals surface area (Å²) in [5.74, 6) is 0.499. The zero-order valence-corrected chi connectivity index (χ0v) is 17.8. The number of thiocarbonyl (C=S) groups is 1. The molecule has 1 aliphatic heterocycles. The van der Waals surface area contributed by atoms with Crippen LogP contribution in [0.2, 0.25) is 0 Å². The summed E-state index contributed by atoms with van der Waals surface area (Å²) in [6.45, 7) is 1.68. The van der Waals surface area contributed by atoms with E-state index in [0.717, 1.165) is 23.0 Å². The summed E-state index contributed by atoms with van der Waals surface area (Å²) in [6.07, 6.45) is 1.71. The van der Waals surface area contributed by atoms with Crippen LogP contribution >= 0.6 is 35.3 Å². The fourth-order valence-electron chi connectivity index (χ4n) is 2.44. The van der Waals surface area contributed by atoms with Gasteiger partial charge in [-0.05, 0) is 30.7 Å². The van der Waals surface area contributed by atoms with Crippen LogP contribution in [-0.2, 0) is 9.59 Å². The lowest BCUT2D eigenvalue weighted by atomic mass is 10.2. The first kappa shape index (κ1) is 20.3. The Morgan fingerprint density at radius 1 is 1.32 bits per heavy atom. The van der Waals surface area contributed by atoms with Crippen LogP contribution < -0.4 is 14.8 Å². The predicted octanol–water partition coefficient (Wildman–Crippen LogP) is 3.31. The van der Waals surface area contributed by atoms with Crippen molar-refractivity contribution in [3.05, 3.63) is 39.7 Å². The van der Waals surface area contributed by atoms with Gasteiger partial charge in [0.05, 0.1) is 24.8 Å². The van der Waals surface area contributed by atoms with Gasteiger partial charge in [0.1, 0.15) is 10.9 Å². The van der Waals surface area contributed by atoms with E-state index in [2.05, 4.69) is 10.3 Å².